The number of phenolic OH excluding ortho intramolecular Hbond substituents is 1. The van der Waals surface area contributed by atoms with Crippen LogP contribution in [0.3, 0.4) is 0 Å². The van der Waals surface area contributed by atoms with E-state index < -0.39 is 0 Å². The quantitative estimate of drug-likeness (QED) is 0.850. The van der Waals surface area contributed by atoms with Crippen molar-refractivity contribution in [3.63, 3.8) is 0 Å². The van der Waals surface area contributed by atoms with Crippen LogP contribution >= 0.6 is 0 Å². The molecule has 18 heavy (non-hydrogen) atoms. The topological polar surface area (TPSA) is 60.0 Å². The predicted molar refractivity (Wildman–Crippen MR) is 64.9 cm³/mol. The van der Waals surface area contributed by atoms with Crippen LogP contribution in [0.2, 0.25) is 0 Å². The molecule has 3 rings (SSSR count). The van der Waals surface area contributed by atoms with Gasteiger partial charge >= 0.3 is 0 Å². The fraction of sp³-hybridized carbons (Fsp3) is 0.538. The Bertz CT molecular complexity index is 429. The van der Waals surface area contributed by atoms with Gasteiger partial charge in [0, 0.05) is 30.8 Å². The van der Waals surface area contributed by atoms with E-state index in [9.17, 15) is 5.11 Å². The summed E-state index contributed by atoms with van der Waals surface area (Å²) in [5.74, 6) is 1.55. The largest absolute Gasteiger partial charge is 0.507 e. The van der Waals surface area contributed by atoms with Gasteiger partial charge in [0.1, 0.15) is 5.75 Å². The van der Waals surface area contributed by atoms with Gasteiger partial charge in [0.25, 0.3) is 0 Å². The summed E-state index contributed by atoms with van der Waals surface area (Å²) in [5.41, 5.74) is 0.824. The fourth-order valence-corrected chi connectivity index (χ4v) is 2.27. The number of phenols is 1. The molecule has 2 aliphatic rings. The molecule has 5 heteroatoms. The minimum atomic E-state index is 0.224. The summed E-state index contributed by atoms with van der Waals surface area (Å²) in [4.78, 5) is 0. The molecule has 0 bridgehead atoms. The van der Waals surface area contributed by atoms with Crippen molar-refractivity contribution in [1.82, 2.24) is 5.32 Å². The normalized spacial score (nSPS) is 22.1. The summed E-state index contributed by atoms with van der Waals surface area (Å²) in [5, 5.41) is 13.3. The molecule has 2 N–H and O–H groups in total. The molecule has 2 aliphatic heterocycles. The molecule has 98 valence electrons. The number of nitrogens with one attached hydrogen (secondary N) is 1. The molecular formula is C13H17NO4. The lowest BCUT2D eigenvalue weighted by Gasteiger charge is -2.23. The van der Waals surface area contributed by atoms with E-state index in [1.165, 1.54) is 0 Å². The van der Waals surface area contributed by atoms with Gasteiger partial charge in [-0.05, 0) is 18.9 Å². The van der Waals surface area contributed by atoms with Gasteiger partial charge in [0.2, 0.25) is 6.79 Å². The number of aromatic hydroxyl groups is 1. The summed E-state index contributed by atoms with van der Waals surface area (Å²) in [6.45, 7) is 2.43. The lowest BCUT2D eigenvalue weighted by Crippen LogP contribution is -2.36. The monoisotopic (exact) mass is 251 g/mol. The van der Waals surface area contributed by atoms with Crippen molar-refractivity contribution in [2.75, 3.05) is 20.0 Å². The van der Waals surface area contributed by atoms with Gasteiger partial charge in [-0.2, -0.15) is 0 Å². The van der Waals surface area contributed by atoms with E-state index >= 15 is 0 Å². The summed E-state index contributed by atoms with van der Waals surface area (Å²) >= 11 is 0. The lowest BCUT2D eigenvalue weighted by molar-refractivity contribution is 0.0699. The summed E-state index contributed by atoms with van der Waals surface area (Å²) < 4.78 is 15.9. The first kappa shape index (κ1) is 11.6. The molecule has 1 fully saturated rings. The number of fused-ring (bicyclic) bond motifs is 1. The predicted octanol–water partition coefficient (Wildman–Crippen LogP) is 1.39. The van der Waals surface area contributed by atoms with Crippen LogP contribution in [0, 0.1) is 0 Å². The van der Waals surface area contributed by atoms with Crippen LogP contribution in [-0.4, -0.2) is 31.2 Å². The Hall–Kier alpha value is -1.46. The van der Waals surface area contributed by atoms with Gasteiger partial charge < -0.3 is 24.6 Å². The molecule has 0 spiro atoms. The average molecular weight is 251 g/mol. The Morgan fingerprint density at radius 3 is 2.89 bits per heavy atom. The van der Waals surface area contributed by atoms with E-state index in [-0.39, 0.29) is 12.5 Å². The maximum absolute atomic E-state index is 9.90. The second kappa shape index (κ2) is 5.04. The molecular weight excluding hydrogens is 234 g/mol. The number of hydrogen-bond acceptors (Lipinski definition) is 5. The fourth-order valence-electron chi connectivity index (χ4n) is 2.27. The van der Waals surface area contributed by atoms with Gasteiger partial charge in [-0.3, -0.25) is 0 Å². The van der Waals surface area contributed by atoms with Gasteiger partial charge in [-0.15, -0.1) is 0 Å². The molecule has 1 aromatic rings. The van der Waals surface area contributed by atoms with Gasteiger partial charge in [0.15, 0.2) is 11.5 Å². The van der Waals surface area contributed by atoms with Gasteiger partial charge in [-0.1, -0.05) is 0 Å². The van der Waals surface area contributed by atoms with Crippen LogP contribution in [-0.2, 0) is 11.3 Å². The molecule has 1 unspecified atom stereocenters. The highest BCUT2D eigenvalue weighted by atomic mass is 16.7. The molecule has 1 aromatic carbocycles. The SMILES string of the molecule is Oc1cc2c(cc1CNC1CCCOC1)OCO2. The Morgan fingerprint density at radius 2 is 2.11 bits per heavy atom. The third kappa shape index (κ3) is 2.37. The first-order valence-corrected chi connectivity index (χ1v) is 6.25. The van der Waals surface area contributed by atoms with Crippen LogP contribution in [0.1, 0.15) is 18.4 Å². The summed E-state index contributed by atoms with van der Waals surface area (Å²) in [6.07, 6.45) is 2.20. The van der Waals surface area contributed by atoms with Gasteiger partial charge in [-0.25, -0.2) is 0 Å². The Balaban J connectivity index is 1.65. The molecule has 2 heterocycles. The van der Waals surface area contributed by atoms with Crippen LogP contribution in [0.5, 0.6) is 17.2 Å². The van der Waals surface area contributed by atoms with Crippen molar-refractivity contribution in [3.05, 3.63) is 17.7 Å². The zero-order valence-corrected chi connectivity index (χ0v) is 10.1. The zero-order chi connectivity index (χ0) is 12.4. The second-order valence-corrected chi connectivity index (χ2v) is 4.63. The maximum Gasteiger partial charge on any atom is 0.231 e. The smallest absolute Gasteiger partial charge is 0.231 e. The number of rotatable bonds is 3. The van der Waals surface area contributed by atoms with Gasteiger partial charge in [0.05, 0.1) is 6.61 Å². The van der Waals surface area contributed by atoms with Crippen molar-refractivity contribution in [3.8, 4) is 17.2 Å². The minimum absolute atomic E-state index is 0.224. The molecule has 0 saturated carbocycles. The molecule has 1 saturated heterocycles. The van der Waals surface area contributed by atoms with E-state index in [0.717, 1.165) is 31.6 Å². The highest BCUT2D eigenvalue weighted by Crippen LogP contribution is 2.37. The second-order valence-electron chi connectivity index (χ2n) is 4.63. The van der Waals surface area contributed by atoms with Crippen LogP contribution < -0.4 is 14.8 Å². The first-order valence-electron chi connectivity index (χ1n) is 6.25. The van der Waals surface area contributed by atoms with E-state index in [4.69, 9.17) is 14.2 Å². The Kier molecular flexibility index (Phi) is 3.25. The van der Waals surface area contributed by atoms with Crippen LogP contribution in [0.25, 0.3) is 0 Å². The summed E-state index contributed by atoms with van der Waals surface area (Å²) in [7, 11) is 0. The third-order valence-corrected chi connectivity index (χ3v) is 3.32. The Labute approximate surface area is 106 Å². The van der Waals surface area contributed by atoms with Crippen molar-refractivity contribution in [2.45, 2.75) is 25.4 Å². The Morgan fingerprint density at radius 1 is 1.28 bits per heavy atom. The third-order valence-electron chi connectivity index (χ3n) is 3.32. The number of ether oxygens (including phenoxy) is 3. The number of hydrogen-bond donors (Lipinski definition) is 2. The van der Waals surface area contributed by atoms with E-state index in [1.807, 2.05) is 6.07 Å². The van der Waals surface area contributed by atoms with E-state index in [2.05, 4.69) is 5.32 Å². The maximum atomic E-state index is 9.90. The first-order chi connectivity index (χ1) is 8.83. The van der Waals surface area contributed by atoms with Crippen LogP contribution in [0.15, 0.2) is 12.1 Å². The highest BCUT2D eigenvalue weighted by Gasteiger charge is 2.18. The van der Waals surface area contributed by atoms with Crippen LogP contribution in [0.4, 0.5) is 0 Å². The van der Waals surface area contributed by atoms with Crippen molar-refractivity contribution < 1.29 is 19.3 Å². The zero-order valence-electron chi connectivity index (χ0n) is 10.1. The number of benzene rings is 1. The van der Waals surface area contributed by atoms with Crippen molar-refractivity contribution in [1.29, 1.82) is 0 Å². The molecule has 0 aliphatic carbocycles. The van der Waals surface area contributed by atoms with E-state index in [0.29, 0.717) is 24.1 Å². The molecule has 0 radical (unpaired) electrons. The van der Waals surface area contributed by atoms with Crippen molar-refractivity contribution in [2.24, 2.45) is 0 Å². The standard InChI is InChI=1S/C13H17NO4/c15-11-5-13-12(17-8-18-13)4-9(11)6-14-10-2-1-3-16-7-10/h4-5,10,14-15H,1-3,6-8H2. The lowest BCUT2D eigenvalue weighted by atomic mass is 10.1. The molecule has 5 nitrogen and oxygen atoms in total. The van der Waals surface area contributed by atoms with E-state index in [1.54, 1.807) is 6.07 Å². The average Bonchev–Trinajstić information content (AvgIpc) is 2.84. The highest BCUT2D eigenvalue weighted by molar-refractivity contribution is 5.51. The molecule has 0 aromatic heterocycles. The van der Waals surface area contributed by atoms with Crippen molar-refractivity contribution >= 4 is 0 Å². The summed E-state index contributed by atoms with van der Waals surface area (Å²) in [6, 6.07) is 3.80. The molecule has 1 atom stereocenters. The molecule has 0 amide bonds. The minimum Gasteiger partial charge on any atom is -0.507 e.